The number of amides is 1. The quantitative estimate of drug-likeness (QED) is 0.684. The van der Waals surface area contributed by atoms with E-state index in [-0.39, 0.29) is 22.3 Å². The number of aromatic nitrogens is 1. The lowest BCUT2D eigenvalue weighted by Crippen LogP contribution is -2.36. The summed E-state index contributed by atoms with van der Waals surface area (Å²) in [5.41, 5.74) is 0.703. The average Bonchev–Trinajstić information content (AvgIpc) is 2.73. The van der Waals surface area contributed by atoms with Crippen LogP contribution in [0, 0.1) is 0 Å². The highest BCUT2D eigenvalue weighted by Crippen LogP contribution is 2.26. The van der Waals surface area contributed by atoms with Gasteiger partial charge in [0.25, 0.3) is 5.91 Å². The molecule has 3 rings (SSSR count). The Morgan fingerprint density at radius 1 is 1.20 bits per heavy atom. The Kier molecular flexibility index (Phi) is 6.91. The van der Waals surface area contributed by atoms with Gasteiger partial charge in [0, 0.05) is 24.7 Å². The summed E-state index contributed by atoms with van der Waals surface area (Å²) >= 11 is 0. The Hall–Kier alpha value is -2.69. The van der Waals surface area contributed by atoms with Crippen LogP contribution in [-0.4, -0.2) is 58.8 Å². The van der Waals surface area contributed by atoms with Crippen molar-refractivity contribution in [2.75, 3.05) is 43.6 Å². The standard InChI is InChI=1S/C20H26N4O5S/c1-14(2)23-30(26,27)18-12-15(4-6-17(18)28-3)20(25)22-16-5-7-19(21-13-16)24-8-10-29-11-9-24/h4-7,12-14,23H,8-11H2,1-3H3,(H,22,25). The first-order valence-corrected chi connectivity index (χ1v) is 11.1. The van der Waals surface area contributed by atoms with Crippen molar-refractivity contribution in [2.45, 2.75) is 24.8 Å². The highest BCUT2D eigenvalue weighted by atomic mass is 32.2. The monoisotopic (exact) mass is 434 g/mol. The summed E-state index contributed by atoms with van der Waals surface area (Å²) in [4.78, 5) is 19.1. The number of anilines is 2. The van der Waals surface area contributed by atoms with Gasteiger partial charge in [0.05, 0.1) is 32.2 Å². The largest absolute Gasteiger partial charge is 0.495 e. The van der Waals surface area contributed by atoms with E-state index in [0.717, 1.165) is 18.9 Å². The summed E-state index contributed by atoms with van der Waals surface area (Å²) < 4.78 is 38.2. The zero-order valence-electron chi connectivity index (χ0n) is 17.2. The van der Waals surface area contributed by atoms with Crippen molar-refractivity contribution in [3.63, 3.8) is 0 Å². The second kappa shape index (κ2) is 9.41. The summed E-state index contributed by atoms with van der Waals surface area (Å²) in [5, 5.41) is 2.74. The maximum absolute atomic E-state index is 12.7. The molecule has 10 heteroatoms. The van der Waals surface area contributed by atoms with Crippen molar-refractivity contribution >= 4 is 27.4 Å². The van der Waals surface area contributed by atoms with Crippen LogP contribution in [0.1, 0.15) is 24.2 Å². The van der Waals surface area contributed by atoms with Gasteiger partial charge in [0.15, 0.2) is 0 Å². The second-order valence-corrected chi connectivity index (χ2v) is 8.78. The van der Waals surface area contributed by atoms with E-state index in [4.69, 9.17) is 9.47 Å². The van der Waals surface area contributed by atoms with Gasteiger partial charge >= 0.3 is 0 Å². The van der Waals surface area contributed by atoms with Gasteiger partial charge in [-0.05, 0) is 44.2 Å². The minimum Gasteiger partial charge on any atom is -0.495 e. The van der Waals surface area contributed by atoms with E-state index in [0.29, 0.717) is 18.9 Å². The molecule has 0 saturated carbocycles. The van der Waals surface area contributed by atoms with Crippen LogP contribution in [0.2, 0.25) is 0 Å². The molecule has 162 valence electrons. The van der Waals surface area contributed by atoms with Gasteiger partial charge in [-0.25, -0.2) is 18.1 Å². The van der Waals surface area contributed by atoms with Crippen LogP contribution in [0.15, 0.2) is 41.4 Å². The minimum atomic E-state index is -3.83. The zero-order chi connectivity index (χ0) is 21.7. The third-order valence-electron chi connectivity index (χ3n) is 4.45. The van der Waals surface area contributed by atoms with Crippen LogP contribution in [0.3, 0.4) is 0 Å². The molecule has 1 saturated heterocycles. The molecule has 1 fully saturated rings. The van der Waals surface area contributed by atoms with Crippen LogP contribution >= 0.6 is 0 Å². The van der Waals surface area contributed by atoms with Crippen LogP contribution in [0.25, 0.3) is 0 Å². The van der Waals surface area contributed by atoms with E-state index in [1.165, 1.54) is 25.3 Å². The van der Waals surface area contributed by atoms with Gasteiger partial charge in [-0.15, -0.1) is 0 Å². The molecule has 1 aliphatic rings. The first-order chi connectivity index (χ1) is 14.3. The number of hydrogen-bond donors (Lipinski definition) is 2. The molecule has 0 spiro atoms. The first kappa shape index (κ1) is 22.0. The van der Waals surface area contributed by atoms with E-state index in [9.17, 15) is 13.2 Å². The molecule has 0 bridgehead atoms. The Bertz CT molecular complexity index is 987. The number of nitrogens with one attached hydrogen (secondary N) is 2. The van der Waals surface area contributed by atoms with E-state index in [1.54, 1.807) is 26.1 Å². The number of sulfonamides is 1. The first-order valence-electron chi connectivity index (χ1n) is 9.60. The number of rotatable bonds is 7. The highest BCUT2D eigenvalue weighted by Gasteiger charge is 2.22. The van der Waals surface area contributed by atoms with Crippen molar-refractivity contribution in [3.8, 4) is 5.75 Å². The van der Waals surface area contributed by atoms with Gasteiger partial charge < -0.3 is 19.7 Å². The molecule has 9 nitrogen and oxygen atoms in total. The number of carbonyl (C=O) groups excluding carboxylic acids is 1. The maximum atomic E-state index is 12.7. The molecule has 0 radical (unpaired) electrons. The van der Waals surface area contributed by atoms with Gasteiger partial charge in [-0.2, -0.15) is 0 Å². The number of hydrogen-bond acceptors (Lipinski definition) is 7. The Morgan fingerprint density at radius 2 is 1.93 bits per heavy atom. The van der Waals surface area contributed by atoms with Gasteiger partial charge in [0.2, 0.25) is 10.0 Å². The van der Waals surface area contributed by atoms with Crippen LogP contribution in [0.4, 0.5) is 11.5 Å². The molecule has 0 aliphatic carbocycles. The number of pyridine rings is 1. The number of nitrogens with zero attached hydrogens (tertiary/aromatic N) is 2. The predicted molar refractivity (Wildman–Crippen MR) is 114 cm³/mol. The molecule has 0 atom stereocenters. The molecule has 30 heavy (non-hydrogen) atoms. The molecule has 1 aromatic heterocycles. The van der Waals surface area contributed by atoms with Crippen molar-refractivity contribution in [3.05, 3.63) is 42.1 Å². The lowest BCUT2D eigenvalue weighted by atomic mass is 10.2. The summed E-state index contributed by atoms with van der Waals surface area (Å²) in [6.45, 7) is 6.30. The van der Waals surface area contributed by atoms with Crippen molar-refractivity contribution in [1.82, 2.24) is 9.71 Å². The number of ether oxygens (including phenoxy) is 2. The van der Waals surface area contributed by atoms with Gasteiger partial charge in [-0.1, -0.05) is 0 Å². The van der Waals surface area contributed by atoms with Crippen molar-refractivity contribution in [2.24, 2.45) is 0 Å². The van der Waals surface area contributed by atoms with E-state index in [2.05, 4.69) is 19.9 Å². The lowest BCUT2D eigenvalue weighted by Gasteiger charge is -2.27. The van der Waals surface area contributed by atoms with E-state index in [1.807, 2.05) is 6.07 Å². The van der Waals surface area contributed by atoms with Gasteiger partial charge in [0.1, 0.15) is 16.5 Å². The maximum Gasteiger partial charge on any atom is 0.255 e. The molecule has 0 unspecified atom stereocenters. The molecule has 1 aliphatic heterocycles. The molecular weight excluding hydrogens is 408 g/mol. The third-order valence-corrected chi connectivity index (χ3v) is 6.13. The van der Waals surface area contributed by atoms with Crippen molar-refractivity contribution < 1.29 is 22.7 Å². The SMILES string of the molecule is COc1ccc(C(=O)Nc2ccc(N3CCOCC3)nc2)cc1S(=O)(=O)NC(C)C. The lowest BCUT2D eigenvalue weighted by molar-refractivity contribution is 0.102. The Balaban J connectivity index is 1.77. The van der Waals surface area contributed by atoms with Crippen LogP contribution < -0.4 is 19.7 Å². The number of carbonyl (C=O) groups is 1. The number of benzene rings is 1. The molecular formula is C20H26N4O5S. The van der Waals surface area contributed by atoms with Crippen LogP contribution in [0.5, 0.6) is 5.75 Å². The van der Waals surface area contributed by atoms with Crippen LogP contribution in [-0.2, 0) is 14.8 Å². The summed E-state index contributed by atoms with van der Waals surface area (Å²) in [7, 11) is -2.45. The molecule has 1 aromatic carbocycles. The molecule has 2 N–H and O–H groups in total. The smallest absolute Gasteiger partial charge is 0.255 e. The highest BCUT2D eigenvalue weighted by molar-refractivity contribution is 7.89. The van der Waals surface area contributed by atoms with Crippen molar-refractivity contribution in [1.29, 1.82) is 0 Å². The fraction of sp³-hybridized carbons (Fsp3) is 0.400. The third kappa shape index (κ3) is 5.26. The molecule has 2 aromatic rings. The zero-order valence-corrected chi connectivity index (χ0v) is 18.0. The summed E-state index contributed by atoms with van der Waals surface area (Å²) in [5.74, 6) is 0.532. The normalized spacial score (nSPS) is 14.6. The topological polar surface area (TPSA) is 110 Å². The van der Waals surface area contributed by atoms with E-state index < -0.39 is 15.9 Å². The second-order valence-electron chi connectivity index (χ2n) is 7.10. The summed E-state index contributed by atoms with van der Waals surface area (Å²) in [6, 6.07) is 7.57. The number of morpholine rings is 1. The Labute approximate surface area is 176 Å². The van der Waals surface area contributed by atoms with E-state index >= 15 is 0 Å². The average molecular weight is 435 g/mol. The predicted octanol–water partition coefficient (Wildman–Crippen LogP) is 1.87. The summed E-state index contributed by atoms with van der Waals surface area (Å²) in [6.07, 6.45) is 1.57. The minimum absolute atomic E-state index is 0.0906. The number of methoxy groups -OCH3 is 1. The Morgan fingerprint density at radius 3 is 2.53 bits per heavy atom. The fourth-order valence-corrected chi connectivity index (χ4v) is 4.49. The van der Waals surface area contributed by atoms with Gasteiger partial charge in [-0.3, -0.25) is 4.79 Å². The fourth-order valence-electron chi connectivity index (χ4n) is 3.04. The molecule has 2 heterocycles. The molecule has 1 amide bonds.